The highest BCUT2D eigenvalue weighted by atomic mass is 32.2. The van der Waals surface area contributed by atoms with E-state index in [1.54, 1.807) is 61.7 Å². The second kappa shape index (κ2) is 8.24. The topological polar surface area (TPSA) is 67.9 Å². The van der Waals surface area contributed by atoms with Gasteiger partial charge in [-0.3, -0.25) is 15.0 Å². The lowest BCUT2D eigenvalue weighted by Gasteiger charge is -2.15. The number of carbonyl (C=O) groups is 2. The molecule has 8 heteroatoms. The minimum absolute atomic E-state index is 0.253. The molecule has 2 amide bonds. The van der Waals surface area contributed by atoms with Crippen molar-refractivity contribution in [3.05, 3.63) is 64.6 Å². The Hall–Kier alpha value is -2.84. The predicted octanol–water partition coefficient (Wildman–Crippen LogP) is 3.25. The first-order valence-electron chi connectivity index (χ1n) is 7.89. The molecule has 1 aliphatic rings. The maximum Gasteiger partial charge on any atom is 0.285 e. The number of carbonyl (C=O) groups excluding carboxylic acids is 2. The van der Waals surface area contributed by atoms with Crippen molar-refractivity contribution in [3.8, 4) is 11.5 Å². The van der Waals surface area contributed by atoms with Gasteiger partial charge in [-0.1, -0.05) is 30.0 Å². The average Bonchev–Trinajstić information content (AvgIpc) is 2.96. The number of methoxy groups -OCH3 is 2. The second-order valence-electron chi connectivity index (χ2n) is 5.43. The number of thioether (sulfide) groups is 1. The summed E-state index contributed by atoms with van der Waals surface area (Å²) in [7, 11) is 3.10. The van der Waals surface area contributed by atoms with Crippen LogP contribution in [0.3, 0.4) is 0 Å². The summed E-state index contributed by atoms with van der Waals surface area (Å²) in [6.07, 6.45) is 1.67. The van der Waals surface area contributed by atoms with Gasteiger partial charge in [0.1, 0.15) is 11.5 Å². The van der Waals surface area contributed by atoms with Crippen LogP contribution in [0.4, 0.5) is 0 Å². The number of nitrogens with one attached hydrogen (secondary N) is 1. The smallest absolute Gasteiger partial charge is 0.285 e. The highest BCUT2D eigenvalue weighted by Crippen LogP contribution is 2.34. The lowest BCUT2D eigenvalue weighted by Crippen LogP contribution is -2.44. The monoisotopic (exact) mass is 400 g/mol. The number of hydrazine groups is 1. The molecular formula is C19H16N2O4S2. The summed E-state index contributed by atoms with van der Waals surface area (Å²) in [5.41, 5.74) is 3.69. The van der Waals surface area contributed by atoms with Gasteiger partial charge in [-0.15, -0.1) is 0 Å². The molecule has 0 unspecified atom stereocenters. The van der Waals surface area contributed by atoms with Crippen LogP contribution in [0.5, 0.6) is 11.5 Å². The van der Waals surface area contributed by atoms with E-state index in [-0.39, 0.29) is 4.32 Å². The summed E-state index contributed by atoms with van der Waals surface area (Å²) in [6, 6.07) is 13.9. The van der Waals surface area contributed by atoms with Crippen LogP contribution >= 0.6 is 24.0 Å². The summed E-state index contributed by atoms with van der Waals surface area (Å²) in [4.78, 5) is 25.4. The van der Waals surface area contributed by atoms with Crippen LogP contribution in [0.2, 0.25) is 0 Å². The molecule has 138 valence electrons. The van der Waals surface area contributed by atoms with Crippen molar-refractivity contribution in [1.29, 1.82) is 0 Å². The number of rotatable bonds is 5. The molecule has 2 aromatic carbocycles. The zero-order valence-electron chi connectivity index (χ0n) is 14.6. The molecule has 3 rings (SSSR count). The molecule has 0 spiro atoms. The summed E-state index contributed by atoms with van der Waals surface area (Å²) in [5, 5.41) is 1.08. The minimum atomic E-state index is -0.407. The predicted molar refractivity (Wildman–Crippen MR) is 108 cm³/mol. The molecule has 1 fully saturated rings. The summed E-state index contributed by atoms with van der Waals surface area (Å²) in [6.45, 7) is 0. The Labute approximate surface area is 166 Å². The zero-order chi connectivity index (χ0) is 19.4. The molecule has 27 heavy (non-hydrogen) atoms. The fraction of sp³-hybridized carbons (Fsp3) is 0.105. The largest absolute Gasteiger partial charge is 0.497 e. The van der Waals surface area contributed by atoms with Gasteiger partial charge in [-0.05, 0) is 42.6 Å². The SMILES string of the molecule is COc1ccc(C=C2SC(=S)N(NC(=O)c3ccccc3)C2=O)c(OC)c1. The molecular weight excluding hydrogens is 384 g/mol. The molecule has 0 saturated carbocycles. The molecule has 0 bridgehead atoms. The number of ether oxygens (including phenoxy) is 2. The van der Waals surface area contributed by atoms with Crippen LogP contribution in [-0.2, 0) is 4.79 Å². The third-order valence-electron chi connectivity index (χ3n) is 3.77. The van der Waals surface area contributed by atoms with Gasteiger partial charge < -0.3 is 9.47 Å². The second-order valence-corrected chi connectivity index (χ2v) is 7.11. The first kappa shape index (κ1) is 18.9. The van der Waals surface area contributed by atoms with E-state index in [0.29, 0.717) is 27.5 Å². The van der Waals surface area contributed by atoms with Gasteiger partial charge >= 0.3 is 0 Å². The Kier molecular flexibility index (Phi) is 5.78. The van der Waals surface area contributed by atoms with Crippen molar-refractivity contribution < 1.29 is 19.1 Å². The molecule has 1 aliphatic heterocycles. The van der Waals surface area contributed by atoms with Gasteiger partial charge in [0.25, 0.3) is 11.8 Å². The summed E-state index contributed by atoms with van der Waals surface area (Å²) >= 11 is 6.35. The Morgan fingerprint density at radius 2 is 1.89 bits per heavy atom. The Morgan fingerprint density at radius 3 is 2.56 bits per heavy atom. The van der Waals surface area contributed by atoms with E-state index >= 15 is 0 Å². The molecule has 0 aliphatic carbocycles. The van der Waals surface area contributed by atoms with Crippen LogP contribution in [0.25, 0.3) is 6.08 Å². The molecule has 1 saturated heterocycles. The lowest BCUT2D eigenvalue weighted by molar-refractivity contribution is -0.123. The van der Waals surface area contributed by atoms with Crippen LogP contribution in [0.1, 0.15) is 15.9 Å². The highest BCUT2D eigenvalue weighted by Gasteiger charge is 2.34. The Balaban J connectivity index is 1.82. The molecule has 0 radical (unpaired) electrons. The van der Waals surface area contributed by atoms with E-state index < -0.39 is 11.8 Å². The first-order valence-corrected chi connectivity index (χ1v) is 9.12. The van der Waals surface area contributed by atoms with E-state index in [1.165, 1.54) is 7.11 Å². The average molecular weight is 400 g/mol. The number of hydrogen-bond acceptors (Lipinski definition) is 6. The number of hydrogen-bond donors (Lipinski definition) is 1. The quantitative estimate of drug-likeness (QED) is 0.614. The third kappa shape index (κ3) is 4.12. The number of benzene rings is 2. The molecule has 1 N–H and O–H groups in total. The number of nitrogens with zero attached hydrogens (tertiary/aromatic N) is 1. The van der Waals surface area contributed by atoms with E-state index in [4.69, 9.17) is 21.7 Å². The summed E-state index contributed by atoms with van der Waals surface area (Å²) in [5.74, 6) is 0.405. The van der Waals surface area contributed by atoms with Crippen LogP contribution < -0.4 is 14.9 Å². The van der Waals surface area contributed by atoms with Crippen LogP contribution in [-0.4, -0.2) is 35.4 Å². The zero-order valence-corrected chi connectivity index (χ0v) is 16.2. The van der Waals surface area contributed by atoms with E-state index in [2.05, 4.69) is 5.43 Å². The lowest BCUT2D eigenvalue weighted by atomic mass is 10.1. The molecule has 1 heterocycles. The maximum absolute atomic E-state index is 12.7. The van der Waals surface area contributed by atoms with E-state index in [9.17, 15) is 9.59 Å². The molecule has 6 nitrogen and oxygen atoms in total. The van der Waals surface area contributed by atoms with Gasteiger partial charge in [-0.2, -0.15) is 5.01 Å². The van der Waals surface area contributed by atoms with Crippen molar-refractivity contribution >= 4 is 46.2 Å². The molecule has 0 aromatic heterocycles. The molecule has 0 atom stereocenters. The van der Waals surface area contributed by atoms with Gasteiger partial charge in [0.2, 0.25) is 0 Å². The van der Waals surface area contributed by atoms with Gasteiger partial charge in [0, 0.05) is 17.2 Å². The van der Waals surface area contributed by atoms with Crippen LogP contribution in [0.15, 0.2) is 53.4 Å². The standard InChI is InChI=1S/C19H16N2O4S2/c1-24-14-9-8-13(15(11-14)25-2)10-16-18(23)21(19(26)27-16)20-17(22)12-6-4-3-5-7-12/h3-11H,1-2H3,(H,20,22). The normalized spacial score (nSPS) is 15.2. The van der Waals surface area contributed by atoms with Gasteiger partial charge in [0.15, 0.2) is 4.32 Å². The number of amides is 2. The summed E-state index contributed by atoms with van der Waals surface area (Å²) < 4.78 is 10.8. The van der Waals surface area contributed by atoms with Crippen molar-refractivity contribution in [2.45, 2.75) is 0 Å². The van der Waals surface area contributed by atoms with E-state index in [1.807, 2.05) is 0 Å². The van der Waals surface area contributed by atoms with Crippen molar-refractivity contribution in [2.75, 3.05) is 14.2 Å². The minimum Gasteiger partial charge on any atom is -0.497 e. The fourth-order valence-electron chi connectivity index (χ4n) is 2.40. The Bertz CT molecular complexity index is 929. The highest BCUT2D eigenvalue weighted by molar-refractivity contribution is 8.26. The van der Waals surface area contributed by atoms with Gasteiger partial charge in [0.05, 0.1) is 19.1 Å². The van der Waals surface area contributed by atoms with Crippen molar-refractivity contribution in [2.24, 2.45) is 0 Å². The number of thiocarbonyl (C=S) groups is 1. The first-order chi connectivity index (χ1) is 13.0. The van der Waals surface area contributed by atoms with E-state index in [0.717, 1.165) is 16.8 Å². The molecule has 2 aromatic rings. The third-order valence-corrected chi connectivity index (χ3v) is 5.07. The van der Waals surface area contributed by atoms with Crippen molar-refractivity contribution in [1.82, 2.24) is 10.4 Å². The Morgan fingerprint density at radius 1 is 1.15 bits per heavy atom. The fourth-order valence-corrected chi connectivity index (χ4v) is 3.57. The van der Waals surface area contributed by atoms with Crippen molar-refractivity contribution in [3.63, 3.8) is 0 Å². The van der Waals surface area contributed by atoms with Crippen LogP contribution in [0, 0.1) is 0 Å². The maximum atomic E-state index is 12.7. The van der Waals surface area contributed by atoms with Gasteiger partial charge in [-0.25, -0.2) is 0 Å².